The lowest BCUT2D eigenvalue weighted by atomic mass is 9.86. The average molecular weight is 156 g/mol. The summed E-state index contributed by atoms with van der Waals surface area (Å²) in [4.78, 5) is 11.1. The van der Waals surface area contributed by atoms with Gasteiger partial charge in [0.05, 0.1) is 0 Å². The smallest absolute Gasteiger partial charge is 0.222 e. The molecule has 11 heavy (non-hydrogen) atoms. The van der Waals surface area contributed by atoms with Gasteiger partial charge in [0, 0.05) is 19.0 Å². The molecule has 3 N–H and O–H groups in total. The Bertz CT molecular complexity index is 147. The van der Waals surface area contributed by atoms with E-state index in [1.54, 1.807) is 7.05 Å². The van der Waals surface area contributed by atoms with E-state index in [4.69, 9.17) is 5.73 Å². The normalized spacial score (nSPS) is 31.5. The van der Waals surface area contributed by atoms with E-state index < -0.39 is 0 Å². The zero-order chi connectivity index (χ0) is 8.27. The Morgan fingerprint density at radius 1 is 1.55 bits per heavy atom. The van der Waals surface area contributed by atoms with Crippen LogP contribution in [0.5, 0.6) is 0 Å². The van der Waals surface area contributed by atoms with Crippen LogP contribution in [-0.4, -0.2) is 19.0 Å². The predicted molar refractivity (Wildman–Crippen MR) is 44.0 cm³/mol. The van der Waals surface area contributed by atoms with Crippen molar-refractivity contribution >= 4 is 5.91 Å². The molecule has 0 aromatic rings. The van der Waals surface area contributed by atoms with Crippen LogP contribution in [0.3, 0.4) is 0 Å². The second-order valence-corrected chi connectivity index (χ2v) is 3.24. The van der Waals surface area contributed by atoms with Crippen LogP contribution in [0.15, 0.2) is 0 Å². The van der Waals surface area contributed by atoms with Crippen molar-refractivity contribution in [1.82, 2.24) is 5.32 Å². The van der Waals surface area contributed by atoms with E-state index in [2.05, 4.69) is 5.32 Å². The first-order valence-electron chi connectivity index (χ1n) is 4.21. The van der Waals surface area contributed by atoms with Crippen molar-refractivity contribution in [2.75, 3.05) is 7.05 Å². The zero-order valence-electron chi connectivity index (χ0n) is 6.97. The monoisotopic (exact) mass is 156 g/mol. The second kappa shape index (κ2) is 3.72. The molecule has 1 aliphatic carbocycles. The Kier molecular flexibility index (Phi) is 2.88. The van der Waals surface area contributed by atoms with Crippen molar-refractivity contribution in [3.05, 3.63) is 0 Å². The Morgan fingerprint density at radius 2 is 2.27 bits per heavy atom. The van der Waals surface area contributed by atoms with Gasteiger partial charge in [-0.15, -0.1) is 0 Å². The lowest BCUT2D eigenvalue weighted by molar-refractivity contribution is -0.125. The summed E-state index contributed by atoms with van der Waals surface area (Å²) in [7, 11) is 1.68. The van der Waals surface area contributed by atoms with Gasteiger partial charge in [0.25, 0.3) is 0 Å². The predicted octanol–water partition coefficient (Wildman–Crippen LogP) is 0.250. The maximum Gasteiger partial charge on any atom is 0.222 e. The SMILES string of the molecule is CNC(=O)C1CCC[C@H](N)C1. The third kappa shape index (κ3) is 2.19. The number of hydrogen-bond acceptors (Lipinski definition) is 2. The van der Waals surface area contributed by atoms with Crippen molar-refractivity contribution in [3.63, 3.8) is 0 Å². The molecule has 64 valence electrons. The van der Waals surface area contributed by atoms with Gasteiger partial charge in [-0.05, 0) is 19.3 Å². The van der Waals surface area contributed by atoms with Crippen LogP contribution < -0.4 is 11.1 Å². The molecule has 1 rings (SSSR count). The summed E-state index contributed by atoms with van der Waals surface area (Å²) in [6, 6.07) is 0.242. The van der Waals surface area contributed by atoms with E-state index in [1.165, 1.54) is 0 Å². The number of carbonyl (C=O) groups excluding carboxylic acids is 1. The highest BCUT2D eigenvalue weighted by molar-refractivity contribution is 5.78. The lowest BCUT2D eigenvalue weighted by Crippen LogP contribution is -2.36. The quantitative estimate of drug-likeness (QED) is 0.571. The van der Waals surface area contributed by atoms with Crippen LogP contribution in [0.4, 0.5) is 0 Å². The lowest BCUT2D eigenvalue weighted by Gasteiger charge is -2.24. The minimum Gasteiger partial charge on any atom is -0.359 e. The van der Waals surface area contributed by atoms with Gasteiger partial charge in [0.15, 0.2) is 0 Å². The largest absolute Gasteiger partial charge is 0.359 e. The molecule has 2 atom stereocenters. The van der Waals surface area contributed by atoms with Gasteiger partial charge in [-0.3, -0.25) is 4.79 Å². The Balaban J connectivity index is 2.39. The molecule has 3 heteroatoms. The third-order valence-corrected chi connectivity index (χ3v) is 2.33. The Hall–Kier alpha value is -0.570. The maximum absolute atomic E-state index is 11.1. The van der Waals surface area contributed by atoms with Gasteiger partial charge >= 0.3 is 0 Å². The fourth-order valence-corrected chi connectivity index (χ4v) is 1.67. The molecular formula is C8H16N2O. The minimum atomic E-state index is 0.153. The molecule has 0 bridgehead atoms. The number of rotatable bonds is 1. The van der Waals surface area contributed by atoms with Crippen LogP contribution in [0.25, 0.3) is 0 Å². The number of carbonyl (C=O) groups is 1. The molecule has 1 aliphatic rings. The third-order valence-electron chi connectivity index (χ3n) is 2.33. The minimum absolute atomic E-state index is 0.153. The number of hydrogen-bond donors (Lipinski definition) is 2. The number of nitrogens with two attached hydrogens (primary N) is 1. The topological polar surface area (TPSA) is 55.1 Å². The first kappa shape index (κ1) is 8.53. The fraction of sp³-hybridized carbons (Fsp3) is 0.875. The molecule has 3 nitrogen and oxygen atoms in total. The van der Waals surface area contributed by atoms with E-state index >= 15 is 0 Å². The molecular weight excluding hydrogens is 140 g/mol. The molecule has 0 heterocycles. The molecule has 1 saturated carbocycles. The average Bonchev–Trinajstić information content (AvgIpc) is 2.03. The summed E-state index contributed by atoms with van der Waals surface area (Å²) in [5.41, 5.74) is 5.74. The summed E-state index contributed by atoms with van der Waals surface area (Å²) >= 11 is 0. The molecule has 0 saturated heterocycles. The molecule has 0 spiro atoms. The van der Waals surface area contributed by atoms with Gasteiger partial charge in [-0.2, -0.15) is 0 Å². The molecule has 1 unspecified atom stereocenters. The number of amides is 1. The van der Waals surface area contributed by atoms with Crippen LogP contribution in [0, 0.1) is 5.92 Å². The first-order chi connectivity index (χ1) is 5.24. The summed E-state index contributed by atoms with van der Waals surface area (Å²) < 4.78 is 0. The molecule has 0 radical (unpaired) electrons. The Morgan fingerprint density at radius 3 is 2.82 bits per heavy atom. The van der Waals surface area contributed by atoms with Crippen molar-refractivity contribution in [1.29, 1.82) is 0 Å². The fourth-order valence-electron chi connectivity index (χ4n) is 1.67. The molecule has 1 amide bonds. The maximum atomic E-state index is 11.1. The van der Waals surface area contributed by atoms with Crippen LogP contribution in [0.1, 0.15) is 25.7 Å². The van der Waals surface area contributed by atoms with Gasteiger partial charge in [0.2, 0.25) is 5.91 Å². The number of nitrogens with one attached hydrogen (secondary N) is 1. The summed E-state index contributed by atoms with van der Waals surface area (Å²) in [5.74, 6) is 0.323. The van der Waals surface area contributed by atoms with Crippen molar-refractivity contribution in [2.45, 2.75) is 31.7 Å². The highest BCUT2D eigenvalue weighted by Crippen LogP contribution is 2.22. The Labute approximate surface area is 67.3 Å². The standard InChI is InChI=1S/C8H16N2O/c1-10-8(11)6-3-2-4-7(9)5-6/h6-7H,2-5,9H2,1H3,(H,10,11)/t6?,7-/m0/s1. The first-order valence-corrected chi connectivity index (χ1v) is 4.21. The van der Waals surface area contributed by atoms with Crippen molar-refractivity contribution in [3.8, 4) is 0 Å². The summed E-state index contributed by atoms with van der Waals surface area (Å²) in [5, 5.41) is 2.66. The van der Waals surface area contributed by atoms with E-state index in [-0.39, 0.29) is 17.9 Å². The molecule has 0 aromatic carbocycles. The van der Waals surface area contributed by atoms with E-state index in [1.807, 2.05) is 0 Å². The molecule has 1 fully saturated rings. The van der Waals surface area contributed by atoms with Gasteiger partial charge in [-0.25, -0.2) is 0 Å². The van der Waals surface area contributed by atoms with Gasteiger partial charge in [-0.1, -0.05) is 6.42 Å². The van der Waals surface area contributed by atoms with Crippen LogP contribution in [0.2, 0.25) is 0 Å². The van der Waals surface area contributed by atoms with Crippen molar-refractivity contribution < 1.29 is 4.79 Å². The summed E-state index contributed by atoms with van der Waals surface area (Å²) in [6.45, 7) is 0. The van der Waals surface area contributed by atoms with Gasteiger partial charge in [0.1, 0.15) is 0 Å². The van der Waals surface area contributed by atoms with Crippen molar-refractivity contribution in [2.24, 2.45) is 11.7 Å². The summed E-state index contributed by atoms with van der Waals surface area (Å²) in [6.07, 6.45) is 4.04. The van der Waals surface area contributed by atoms with E-state index in [9.17, 15) is 4.79 Å². The highest BCUT2D eigenvalue weighted by Gasteiger charge is 2.23. The van der Waals surface area contributed by atoms with Gasteiger partial charge < -0.3 is 11.1 Å². The van der Waals surface area contributed by atoms with Crippen LogP contribution >= 0.6 is 0 Å². The molecule has 0 aliphatic heterocycles. The highest BCUT2D eigenvalue weighted by atomic mass is 16.1. The van der Waals surface area contributed by atoms with Crippen LogP contribution in [-0.2, 0) is 4.79 Å². The van der Waals surface area contributed by atoms with E-state index in [0.29, 0.717) is 0 Å². The molecule has 0 aromatic heterocycles. The van der Waals surface area contributed by atoms with E-state index in [0.717, 1.165) is 25.7 Å². The zero-order valence-corrected chi connectivity index (χ0v) is 6.97. The second-order valence-electron chi connectivity index (χ2n) is 3.24.